The number of carbonyl (C=O) groups is 6. The fraction of sp³-hybridized carbons (Fsp3) is 0.673. The van der Waals surface area contributed by atoms with Crippen LogP contribution in [-0.4, -0.2) is 145 Å². The third-order valence-corrected chi connectivity index (χ3v) is 13.0. The van der Waals surface area contributed by atoms with E-state index in [1.165, 1.54) is 14.2 Å². The number of nitrogens with zero attached hydrogens (tertiary/aromatic N) is 2. The second-order valence-corrected chi connectivity index (χ2v) is 23.1. The zero-order chi connectivity index (χ0) is 52.1. The van der Waals surface area contributed by atoms with E-state index in [4.69, 9.17) is 63.2 Å². The number of carbonyl (C=O) groups excluding carboxylic acids is 6. The van der Waals surface area contributed by atoms with Crippen LogP contribution in [0, 0.1) is 27.1 Å². The van der Waals surface area contributed by atoms with Crippen molar-refractivity contribution in [1.29, 1.82) is 0 Å². The van der Waals surface area contributed by atoms with E-state index in [1.807, 2.05) is 38.0 Å². The number of alkyl halides is 1. The van der Waals surface area contributed by atoms with Crippen LogP contribution in [0.1, 0.15) is 88.0 Å². The molecule has 2 aromatic carbocycles. The van der Waals surface area contributed by atoms with Crippen LogP contribution in [-0.2, 0) is 57.2 Å². The molecule has 0 saturated heterocycles. The number of hydrogen-bond donors (Lipinski definition) is 2. The van der Waals surface area contributed by atoms with Gasteiger partial charge in [0, 0.05) is 38.1 Å². The van der Waals surface area contributed by atoms with Gasteiger partial charge in [0.25, 0.3) is 0 Å². The third kappa shape index (κ3) is 17.1. The molecule has 2 rings (SSSR count). The molecule has 0 N–H and O–H groups in total. The number of rotatable bonds is 28. The standard InChI is InChI=1S/C49H75BrN2O14S2/c1-44(2,38(53)63-26-24-59-14)28-47(7,41(56)61-22-20-51(10)11)29-45(3,4)39(54)65-34-32-18-16-17-19-33(32)35(37(68)36(34)67)66-40(55)46(5,6)30-48(8,42(57)62-23-21-52(12)13)31-49(9,50)43(58)64-27-25-60-15/h16-19,67-68H,20-31H2,1-15H3. The lowest BCUT2D eigenvalue weighted by Crippen LogP contribution is -2.45. The van der Waals surface area contributed by atoms with Gasteiger partial charge in [-0.3, -0.25) is 28.8 Å². The quantitative estimate of drug-likeness (QED) is 0.0212. The first-order valence-corrected chi connectivity index (χ1v) is 24.1. The number of thiol groups is 2. The molecule has 16 nitrogen and oxygen atoms in total. The van der Waals surface area contributed by atoms with Crippen molar-refractivity contribution in [2.45, 2.75) is 102 Å². The van der Waals surface area contributed by atoms with Gasteiger partial charge in [-0.25, -0.2) is 0 Å². The summed E-state index contributed by atoms with van der Waals surface area (Å²) in [5.74, 6) is -3.75. The van der Waals surface area contributed by atoms with Gasteiger partial charge in [0.15, 0.2) is 11.5 Å². The first kappa shape index (κ1) is 60.7. The van der Waals surface area contributed by atoms with E-state index in [9.17, 15) is 28.8 Å². The lowest BCUT2D eigenvalue weighted by atomic mass is 9.66. The predicted octanol–water partition coefficient (Wildman–Crippen LogP) is 7.62. The summed E-state index contributed by atoms with van der Waals surface area (Å²) in [4.78, 5) is 87.1. The summed E-state index contributed by atoms with van der Waals surface area (Å²) < 4.78 is 43.3. The van der Waals surface area contributed by atoms with Crippen LogP contribution in [0.2, 0.25) is 0 Å². The Morgan fingerprint density at radius 1 is 0.485 bits per heavy atom. The Hall–Kier alpha value is -3.46. The Morgan fingerprint density at radius 2 is 0.809 bits per heavy atom. The Balaban J connectivity index is 2.57. The van der Waals surface area contributed by atoms with Gasteiger partial charge < -0.3 is 47.7 Å². The summed E-state index contributed by atoms with van der Waals surface area (Å²) in [6, 6.07) is 6.77. The Morgan fingerprint density at radius 3 is 1.16 bits per heavy atom. The van der Waals surface area contributed by atoms with Crippen molar-refractivity contribution in [3.05, 3.63) is 24.3 Å². The molecular formula is C49H75BrN2O14S2. The summed E-state index contributed by atoms with van der Waals surface area (Å²) in [5, 5.41) is 0.725. The monoisotopic (exact) mass is 1060 g/mol. The molecule has 0 saturated carbocycles. The summed E-state index contributed by atoms with van der Waals surface area (Å²) >= 11 is 13.0. The smallest absolute Gasteiger partial charge is 0.322 e. The number of likely N-dealkylation sites (N-methyl/N-ethyl adjacent to an activating group) is 2. The van der Waals surface area contributed by atoms with Crippen molar-refractivity contribution in [3.63, 3.8) is 0 Å². The maximum Gasteiger partial charge on any atom is 0.322 e. The highest BCUT2D eigenvalue weighted by atomic mass is 79.9. The number of hydrogen-bond acceptors (Lipinski definition) is 18. The molecule has 0 spiro atoms. The average molecular weight is 1060 g/mol. The van der Waals surface area contributed by atoms with E-state index in [0.717, 1.165) is 0 Å². The highest BCUT2D eigenvalue weighted by Crippen LogP contribution is 2.50. The van der Waals surface area contributed by atoms with Crippen LogP contribution >= 0.6 is 41.2 Å². The molecule has 19 heteroatoms. The van der Waals surface area contributed by atoms with Crippen LogP contribution in [0.3, 0.4) is 0 Å². The summed E-state index contributed by atoms with van der Waals surface area (Å²) in [5.41, 5.74) is -6.68. The van der Waals surface area contributed by atoms with E-state index in [-0.39, 0.29) is 86.6 Å². The van der Waals surface area contributed by atoms with Gasteiger partial charge in [-0.1, -0.05) is 40.2 Å². The second kappa shape index (κ2) is 25.6. The maximum atomic E-state index is 14.4. The van der Waals surface area contributed by atoms with Crippen LogP contribution < -0.4 is 9.47 Å². The number of methoxy groups -OCH3 is 2. The molecule has 2 aromatic rings. The van der Waals surface area contributed by atoms with Gasteiger partial charge in [0.2, 0.25) is 0 Å². The SMILES string of the molecule is COCCOC(=O)C(C)(C)CC(C)(CC(C)(C)C(=O)Oc1c(S)c(S)c(OC(=O)C(C)(C)CC(C)(CC(C)(Br)C(=O)OCCOC)C(=O)OCCN(C)C)c2ccccc12)C(=O)OCCN(C)C. The van der Waals surface area contributed by atoms with Gasteiger partial charge in [-0.05, 0) is 116 Å². The molecule has 3 atom stereocenters. The number of esters is 6. The van der Waals surface area contributed by atoms with Crippen molar-refractivity contribution < 1.29 is 66.7 Å². The number of fused-ring (bicyclic) bond motifs is 1. The Kier molecular flexibility index (Phi) is 22.8. The molecule has 0 aliphatic rings. The normalized spacial score (nSPS) is 14.9. The molecule has 0 heterocycles. The predicted molar refractivity (Wildman–Crippen MR) is 268 cm³/mol. The van der Waals surface area contributed by atoms with E-state index < -0.39 is 67.2 Å². The highest BCUT2D eigenvalue weighted by Gasteiger charge is 2.51. The summed E-state index contributed by atoms with van der Waals surface area (Å²) in [6.45, 7) is 16.2. The minimum absolute atomic E-state index is 0.00278. The zero-order valence-electron chi connectivity index (χ0n) is 42.7. The summed E-state index contributed by atoms with van der Waals surface area (Å²) in [7, 11) is 10.3. The van der Waals surface area contributed by atoms with Crippen molar-refractivity contribution in [3.8, 4) is 11.5 Å². The fourth-order valence-electron chi connectivity index (χ4n) is 8.15. The minimum Gasteiger partial charge on any atom is -0.464 e. The lowest BCUT2D eigenvalue weighted by molar-refractivity contribution is -0.167. The van der Waals surface area contributed by atoms with Crippen molar-refractivity contribution >= 4 is 87.8 Å². The van der Waals surface area contributed by atoms with E-state index in [1.54, 1.807) is 86.6 Å². The molecule has 0 amide bonds. The minimum atomic E-state index is -1.42. The maximum absolute atomic E-state index is 14.4. The topological polar surface area (TPSA) is 183 Å². The van der Waals surface area contributed by atoms with E-state index in [0.29, 0.717) is 23.9 Å². The largest absolute Gasteiger partial charge is 0.464 e. The first-order valence-electron chi connectivity index (χ1n) is 22.4. The zero-order valence-corrected chi connectivity index (χ0v) is 46.1. The van der Waals surface area contributed by atoms with Gasteiger partial charge >= 0.3 is 35.8 Å². The average Bonchev–Trinajstić information content (AvgIpc) is 3.22. The van der Waals surface area contributed by atoms with Gasteiger partial charge in [-0.15, -0.1) is 25.3 Å². The molecule has 3 unspecified atom stereocenters. The van der Waals surface area contributed by atoms with E-state index in [2.05, 4.69) is 15.9 Å². The molecule has 0 aromatic heterocycles. The molecule has 0 radical (unpaired) electrons. The van der Waals surface area contributed by atoms with Gasteiger partial charge in [0.05, 0.1) is 50.1 Å². The molecule has 68 heavy (non-hydrogen) atoms. The van der Waals surface area contributed by atoms with Crippen LogP contribution in [0.15, 0.2) is 34.1 Å². The molecule has 0 aliphatic carbocycles. The van der Waals surface area contributed by atoms with Crippen molar-refractivity contribution in [2.75, 3.05) is 95.1 Å². The molecule has 0 fully saturated rings. The second-order valence-electron chi connectivity index (χ2n) is 20.5. The Bertz CT molecular complexity index is 1950. The van der Waals surface area contributed by atoms with Crippen LogP contribution in [0.25, 0.3) is 10.8 Å². The molecule has 0 bridgehead atoms. The van der Waals surface area contributed by atoms with E-state index >= 15 is 0 Å². The third-order valence-electron chi connectivity index (χ3n) is 11.3. The lowest BCUT2D eigenvalue weighted by Gasteiger charge is -2.38. The van der Waals surface area contributed by atoms with Gasteiger partial charge in [-0.2, -0.15) is 0 Å². The van der Waals surface area contributed by atoms with Crippen LogP contribution in [0.5, 0.6) is 11.5 Å². The molecule has 384 valence electrons. The number of benzene rings is 2. The van der Waals surface area contributed by atoms with Crippen molar-refractivity contribution in [1.82, 2.24) is 9.80 Å². The molecular weight excluding hydrogens is 985 g/mol. The highest BCUT2D eigenvalue weighted by molar-refractivity contribution is 9.10. The fourth-order valence-corrected chi connectivity index (χ4v) is 9.42. The molecule has 0 aliphatic heterocycles. The van der Waals surface area contributed by atoms with Crippen LogP contribution in [0.4, 0.5) is 0 Å². The Labute approximate surface area is 422 Å². The summed E-state index contributed by atoms with van der Waals surface area (Å²) in [6.07, 6.45) is -0.316. The first-order chi connectivity index (χ1) is 31.3. The van der Waals surface area contributed by atoms with Crippen molar-refractivity contribution in [2.24, 2.45) is 27.1 Å². The number of halogens is 1. The number of ether oxygens (including phenoxy) is 8. The van der Waals surface area contributed by atoms with Gasteiger partial charge in [0.1, 0.15) is 30.8 Å².